The summed E-state index contributed by atoms with van der Waals surface area (Å²) in [7, 11) is 1.33. The second-order valence-electron chi connectivity index (χ2n) is 4.70. The van der Waals surface area contributed by atoms with E-state index in [-0.39, 0.29) is 18.4 Å². The van der Waals surface area contributed by atoms with Gasteiger partial charge in [0.05, 0.1) is 13.2 Å². The van der Waals surface area contributed by atoms with Crippen molar-refractivity contribution in [3.63, 3.8) is 0 Å². The number of aliphatic hydroxyl groups excluding tert-OH is 1. The predicted octanol–water partition coefficient (Wildman–Crippen LogP) is 1.44. The van der Waals surface area contributed by atoms with Gasteiger partial charge in [-0.25, -0.2) is 4.79 Å². The molecule has 5 nitrogen and oxygen atoms in total. The second-order valence-corrected chi connectivity index (χ2v) is 4.70. The Morgan fingerprint density at radius 2 is 2.44 bits per heavy atom. The maximum Gasteiger partial charge on any atom is 0.373 e. The summed E-state index contributed by atoms with van der Waals surface area (Å²) >= 11 is 0. The van der Waals surface area contributed by atoms with Crippen molar-refractivity contribution in [3.8, 4) is 0 Å². The number of hydrogen-bond acceptors (Lipinski definition) is 5. The number of ether oxygens (including phenoxy) is 1. The van der Waals surface area contributed by atoms with Crippen LogP contribution in [0.15, 0.2) is 16.5 Å². The number of hydrogen-bond donors (Lipinski definition) is 1. The van der Waals surface area contributed by atoms with Crippen LogP contribution in [0.5, 0.6) is 0 Å². The molecule has 0 unspecified atom stereocenters. The number of esters is 1. The highest BCUT2D eigenvalue weighted by atomic mass is 16.5. The smallest absolute Gasteiger partial charge is 0.373 e. The van der Waals surface area contributed by atoms with Gasteiger partial charge in [0.2, 0.25) is 5.76 Å². The largest absolute Gasteiger partial charge is 0.463 e. The van der Waals surface area contributed by atoms with Gasteiger partial charge in [0, 0.05) is 13.2 Å². The van der Waals surface area contributed by atoms with Crippen molar-refractivity contribution in [2.24, 2.45) is 5.92 Å². The van der Waals surface area contributed by atoms with Gasteiger partial charge in [-0.15, -0.1) is 0 Å². The van der Waals surface area contributed by atoms with Crippen LogP contribution in [0.4, 0.5) is 0 Å². The Labute approximate surface area is 106 Å². The van der Waals surface area contributed by atoms with Crippen molar-refractivity contribution >= 4 is 5.97 Å². The van der Waals surface area contributed by atoms with Crippen LogP contribution < -0.4 is 0 Å². The summed E-state index contributed by atoms with van der Waals surface area (Å²) in [5.74, 6) is 0.886. The third-order valence-corrected chi connectivity index (χ3v) is 3.55. The molecule has 0 spiro atoms. The summed E-state index contributed by atoms with van der Waals surface area (Å²) in [6, 6.07) is 3.56. The first-order valence-electron chi connectivity index (χ1n) is 6.18. The Morgan fingerprint density at radius 1 is 1.67 bits per heavy atom. The zero-order valence-corrected chi connectivity index (χ0v) is 10.8. The lowest BCUT2D eigenvalue weighted by Crippen LogP contribution is -2.24. The molecule has 0 saturated carbocycles. The van der Waals surface area contributed by atoms with Gasteiger partial charge in [0.25, 0.3) is 0 Å². The molecular weight excluding hydrogens is 234 g/mol. The number of carbonyl (C=O) groups is 1. The molecule has 1 aromatic rings. The third-order valence-electron chi connectivity index (χ3n) is 3.55. The first-order valence-corrected chi connectivity index (χ1v) is 6.18. The Bertz CT molecular complexity index is 415. The lowest BCUT2D eigenvalue weighted by atomic mass is 10.1. The Hall–Kier alpha value is -1.33. The molecule has 0 bridgehead atoms. The fourth-order valence-corrected chi connectivity index (χ4v) is 2.33. The van der Waals surface area contributed by atoms with Crippen molar-refractivity contribution in [1.82, 2.24) is 4.90 Å². The van der Waals surface area contributed by atoms with Crippen LogP contribution in [0.2, 0.25) is 0 Å². The van der Waals surface area contributed by atoms with E-state index in [1.54, 1.807) is 6.07 Å². The molecule has 1 N–H and O–H groups in total. The van der Waals surface area contributed by atoms with Gasteiger partial charge in [0.15, 0.2) is 0 Å². The van der Waals surface area contributed by atoms with Crippen LogP contribution >= 0.6 is 0 Å². The standard InChI is InChI=1S/C13H19NO4/c1-9(14-6-5-10(7-14)8-15)11-3-4-12(18-11)13(16)17-2/h3-4,9-10,15H,5-8H2,1-2H3/t9-,10+/m0/s1. The summed E-state index contributed by atoms with van der Waals surface area (Å²) in [5.41, 5.74) is 0. The maximum absolute atomic E-state index is 11.3. The molecule has 5 heteroatoms. The summed E-state index contributed by atoms with van der Waals surface area (Å²) < 4.78 is 10.1. The van der Waals surface area contributed by atoms with Gasteiger partial charge in [-0.1, -0.05) is 0 Å². The Kier molecular flexibility index (Phi) is 4.04. The van der Waals surface area contributed by atoms with Gasteiger partial charge < -0.3 is 14.3 Å². The molecule has 1 saturated heterocycles. The van der Waals surface area contributed by atoms with Gasteiger partial charge >= 0.3 is 5.97 Å². The van der Waals surface area contributed by atoms with Crippen LogP contribution in [0.3, 0.4) is 0 Å². The van der Waals surface area contributed by atoms with Gasteiger partial charge in [-0.2, -0.15) is 0 Å². The summed E-state index contributed by atoms with van der Waals surface area (Å²) in [6.45, 7) is 4.08. The monoisotopic (exact) mass is 253 g/mol. The van der Waals surface area contributed by atoms with Crippen molar-refractivity contribution in [2.75, 3.05) is 26.8 Å². The minimum atomic E-state index is -0.455. The lowest BCUT2D eigenvalue weighted by Gasteiger charge is -2.22. The molecule has 2 atom stereocenters. The fourth-order valence-electron chi connectivity index (χ4n) is 2.33. The normalized spacial score (nSPS) is 22.1. The van der Waals surface area contributed by atoms with Gasteiger partial charge in [0.1, 0.15) is 5.76 Å². The SMILES string of the molecule is COC(=O)c1ccc([C@H](C)N2CC[C@@H](CO)C2)o1. The average molecular weight is 253 g/mol. The first kappa shape index (κ1) is 13.1. The zero-order chi connectivity index (χ0) is 13.1. The summed E-state index contributed by atoms with van der Waals surface area (Å²) in [4.78, 5) is 13.6. The number of furan rings is 1. The highest BCUT2D eigenvalue weighted by Gasteiger charge is 2.28. The maximum atomic E-state index is 11.3. The molecule has 2 rings (SSSR count). The van der Waals surface area contributed by atoms with Crippen LogP contribution in [0, 0.1) is 5.92 Å². The number of aliphatic hydroxyl groups is 1. The van der Waals surface area contributed by atoms with Gasteiger partial charge in [-0.3, -0.25) is 4.90 Å². The molecule has 0 amide bonds. The highest BCUT2D eigenvalue weighted by Crippen LogP contribution is 2.28. The fraction of sp³-hybridized carbons (Fsp3) is 0.615. The molecule has 0 radical (unpaired) electrons. The van der Waals surface area contributed by atoms with Crippen LogP contribution in [-0.4, -0.2) is 42.8 Å². The molecule has 0 aromatic carbocycles. The van der Waals surface area contributed by atoms with E-state index in [2.05, 4.69) is 9.64 Å². The minimum Gasteiger partial charge on any atom is -0.463 e. The molecule has 18 heavy (non-hydrogen) atoms. The molecule has 0 aliphatic carbocycles. The molecule has 1 aliphatic rings. The van der Waals surface area contributed by atoms with Crippen molar-refractivity contribution in [2.45, 2.75) is 19.4 Å². The molecule has 1 fully saturated rings. The van der Waals surface area contributed by atoms with Crippen molar-refractivity contribution in [1.29, 1.82) is 0 Å². The number of carbonyl (C=O) groups excluding carboxylic acids is 1. The van der Waals surface area contributed by atoms with Gasteiger partial charge in [-0.05, 0) is 37.9 Å². The van der Waals surface area contributed by atoms with E-state index >= 15 is 0 Å². The minimum absolute atomic E-state index is 0.111. The number of likely N-dealkylation sites (tertiary alicyclic amines) is 1. The summed E-state index contributed by atoms with van der Waals surface area (Å²) in [6.07, 6.45) is 1.01. The Morgan fingerprint density at radius 3 is 3.06 bits per heavy atom. The number of methoxy groups -OCH3 is 1. The number of rotatable bonds is 4. The van der Waals surface area contributed by atoms with Crippen molar-refractivity contribution < 1.29 is 19.1 Å². The Balaban J connectivity index is 2.03. The van der Waals surface area contributed by atoms with Crippen LogP contribution in [0.25, 0.3) is 0 Å². The first-order chi connectivity index (χ1) is 8.65. The van der Waals surface area contributed by atoms with E-state index < -0.39 is 5.97 Å². The summed E-state index contributed by atoms with van der Waals surface area (Å²) in [5, 5.41) is 9.13. The van der Waals surface area contributed by atoms with Crippen LogP contribution in [0.1, 0.15) is 35.7 Å². The van der Waals surface area contributed by atoms with E-state index in [4.69, 9.17) is 9.52 Å². The molecular formula is C13H19NO4. The predicted molar refractivity (Wildman–Crippen MR) is 65.2 cm³/mol. The highest BCUT2D eigenvalue weighted by molar-refractivity contribution is 5.86. The quantitative estimate of drug-likeness (QED) is 0.823. The molecule has 100 valence electrons. The van der Waals surface area contributed by atoms with Crippen molar-refractivity contribution in [3.05, 3.63) is 23.7 Å². The van der Waals surface area contributed by atoms with E-state index in [9.17, 15) is 4.79 Å². The molecule has 2 heterocycles. The second kappa shape index (κ2) is 5.54. The molecule has 1 aliphatic heterocycles. The lowest BCUT2D eigenvalue weighted by molar-refractivity contribution is 0.0559. The number of nitrogens with zero attached hydrogens (tertiary/aromatic N) is 1. The average Bonchev–Trinajstić information content (AvgIpc) is 3.05. The van der Waals surface area contributed by atoms with Crippen LogP contribution in [-0.2, 0) is 4.74 Å². The van der Waals surface area contributed by atoms with E-state index in [1.165, 1.54) is 7.11 Å². The zero-order valence-electron chi connectivity index (χ0n) is 10.8. The van der Waals surface area contributed by atoms with E-state index in [0.29, 0.717) is 5.92 Å². The topological polar surface area (TPSA) is 62.9 Å². The van der Waals surface area contributed by atoms with E-state index in [1.807, 2.05) is 13.0 Å². The third kappa shape index (κ3) is 2.57. The molecule has 1 aromatic heterocycles. The van der Waals surface area contributed by atoms with E-state index in [0.717, 1.165) is 25.3 Å².